The number of ether oxygens (including phenoxy) is 1. The fourth-order valence-electron chi connectivity index (χ4n) is 4.30. The summed E-state index contributed by atoms with van der Waals surface area (Å²) in [5.74, 6) is 1.31. The number of anilines is 2. The first-order valence-electron chi connectivity index (χ1n) is 11.3. The van der Waals surface area contributed by atoms with Crippen molar-refractivity contribution < 1.29 is 9.53 Å². The van der Waals surface area contributed by atoms with Crippen molar-refractivity contribution in [3.63, 3.8) is 0 Å². The number of amides is 1. The molecule has 2 aromatic heterocycles. The lowest BCUT2D eigenvalue weighted by atomic mass is 9.96. The summed E-state index contributed by atoms with van der Waals surface area (Å²) in [5, 5.41) is 4.91. The molecule has 0 spiro atoms. The van der Waals surface area contributed by atoms with Crippen LogP contribution in [0, 0.1) is 12.8 Å². The predicted molar refractivity (Wildman–Crippen MR) is 137 cm³/mol. The highest BCUT2D eigenvalue weighted by atomic mass is 32.1. The van der Waals surface area contributed by atoms with Crippen LogP contribution in [-0.4, -0.2) is 35.7 Å². The third-order valence-electron chi connectivity index (χ3n) is 6.26. The Hall–Kier alpha value is -3.65. The molecule has 0 radical (unpaired) electrons. The van der Waals surface area contributed by atoms with Gasteiger partial charge < -0.3 is 15.0 Å². The molecule has 1 aliphatic heterocycles. The number of benzene rings is 2. The number of carbonyl (C=O) groups excluding carboxylic acids is 1. The lowest BCUT2D eigenvalue weighted by Crippen LogP contribution is -2.41. The highest BCUT2D eigenvalue weighted by Crippen LogP contribution is 2.27. The summed E-state index contributed by atoms with van der Waals surface area (Å²) in [4.78, 5) is 33.2. The van der Waals surface area contributed by atoms with Gasteiger partial charge in [0.1, 0.15) is 10.4 Å². The summed E-state index contributed by atoms with van der Waals surface area (Å²) in [6.07, 6.45) is 1.38. The van der Waals surface area contributed by atoms with Crippen LogP contribution in [0.15, 0.2) is 64.8 Å². The molecule has 2 aromatic carbocycles. The predicted octanol–water partition coefficient (Wildman–Crippen LogP) is 4.62. The monoisotopic (exact) mass is 474 g/mol. The molecule has 34 heavy (non-hydrogen) atoms. The molecule has 7 nitrogen and oxygen atoms in total. The zero-order valence-electron chi connectivity index (χ0n) is 19.2. The van der Waals surface area contributed by atoms with Crippen molar-refractivity contribution in [3.05, 3.63) is 75.9 Å². The van der Waals surface area contributed by atoms with Crippen molar-refractivity contribution in [1.29, 1.82) is 0 Å². The minimum Gasteiger partial charge on any atom is -0.497 e. The summed E-state index contributed by atoms with van der Waals surface area (Å²) < 4.78 is 7.53. The average molecular weight is 475 g/mol. The Balaban J connectivity index is 1.37. The molecule has 5 rings (SSSR count). The fourth-order valence-corrected chi connectivity index (χ4v) is 5.06. The van der Waals surface area contributed by atoms with Crippen LogP contribution in [-0.2, 0) is 4.79 Å². The van der Waals surface area contributed by atoms with E-state index >= 15 is 0 Å². The number of carbonyl (C=O) groups is 1. The van der Waals surface area contributed by atoms with Gasteiger partial charge in [-0.05, 0) is 67.6 Å². The number of rotatable bonds is 5. The van der Waals surface area contributed by atoms with Crippen molar-refractivity contribution in [2.24, 2.45) is 5.92 Å². The molecule has 1 fully saturated rings. The minimum absolute atomic E-state index is 0.0157. The number of fused-ring (bicyclic) bond motifs is 1. The zero-order valence-corrected chi connectivity index (χ0v) is 20.0. The van der Waals surface area contributed by atoms with Crippen LogP contribution in [0.25, 0.3) is 15.9 Å². The van der Waals surface area contributed by atoms with E-state index in [4.69, 9.17) is 9.72 Å². The SMILES string of the molecule is COc1ccc(NC(=O)C2CCN(c3nc4ccsc4c(=O)n3-c3ccc(C)cc3)CC2)cc1. The van der Waals surface area contributed by atoms with E-state index in [1.165, 1.54) is 11.3 Å². The van der Waals surface area contributed by atoms with Crippen molar-refractivity contribution in [2.45, 2.75) is 19.8 Å². The molecule has 174 valence electrons. The first-order chi connectivity index (χ1) is 16.5. The zero-order chi connectivity index (χ0) is 23.7. The minimum atomic E-state index is -0.0947. The van der Waals surface area contributed by atoms with E-state index in [0.29, 0.717) is 42.1 Å². The van der Waals surface area contributed by atoms with E-state index in [9.17, 15) is 9.59 Å². The second-order valence-corrected chi connectivity index (χ2v) is 9.42. The molecule has 1 amide bonds. The molecule has 4 aromatic rings. The van der Waals surface area contributed by atoms with Crippen LogP contribution < -0.4 is 20.5 Å². The molecular formula is C26H26N4O3S. The molecule has 8 heteroatoms. The van der Waals surface area contributed by atoms with Gasteiger partial charge in [0.05, 0.1) is 18.3 Å². The van der Waals surface area contributed by atoms with Gasteiger partial charge in [0, 0.05) is 24.7 Å². The van der Waals surface area contributed by atoms with E-state index in [1.54, 1.807) is 11.7 Å². The van der Waals surface area contributed by atoms with Crippen molar-refractivity contribution in [3.8, 4) is 11.4 Å². The molecule has 1 aliphatic rings. The van der Waals surface area contributed by atoms with Gasteiger partial charge in [0.25, 0.3) is 5.56 Å². The number of aromatic nitrogens is 2. The molecule has 0 atom stereocenters. The Labute approximate surface area is 201 Å². The first-order valence-corrected chi connectivity index (χ1v) is 12.2. The molecule has 3 heterocycles. The van der Waals surface area contributed by atoms with Gasteiger partial charge in [-0.15, -0.1) is 11.3 Å². The third kappa shape index (κ3) is 4.28. The van der Waals surface area contributed by atoms with Crippen LogP contribution in [0.2, 0.25) is 0 Å². The standard InChI is InChI=1S/C26H26N4O3S/c1-17-3-7-20(8-4-17)30-25(32)23-22(13-16-34-23)28-26(30)29-14-11-18(12-15-29)24(31)27-19-5-9-21(33-2)10-6-19/h3-10,13,16,18H,11-12,14-15H2,1-2H3,(H,27,31). The number of aryl methyl sites for hydroxylation is 1. The lowest BCUT2D eigenvalue weighted by Gasteiger charge is -2.33. The summed E-state index contributed by atoms with van der Waals surface area (Å²) >= 11 is 1.41. The smallest absolute Gasteiger partial charge is 0.277 e. The molecule has 1 N–H and O–H groups in total. The molecule has 0 aliphatic carbocycles. The number of piperidine rings is 1. The van der Waals surface area contributed by atoms with Gasteiger partial charge in [-0.25, -0.2) is 9.55 Å². The summed E-state index contributed by atoms with van der Waals surface area (Å²) in [6.45, 7) is 3.32. The highest BCUT2D eigenvalue weighted by molar-refractivity contribution is 7.17. The number of methoxy groups -OCH3 is 1. The number of nitrogens with one attached hydrogen (secondary N) is 1. The number of nitrogens with zero attached hydrogens (tertiary/aromatic N) is 3. The first kappa shape index (κ1) is 22.2. The number of thiophene rings is 1. The fraction of sp³-hybridized carbons (Fsp3) is 0.269. The molecule has 0 bridgehead atoms. The highest BCUT2D eigenvalue weighted by Gasteiger charge is 2.28. The molecule has 1 saturated heterocycles. The third-order valence-corrected chi connectivity index (χ3v) is 7.15. The topological polar surface area (TPSA) is 76.5 Å². The van der Waals surface area contributed by atoms with E-state index in [1.807, 2.05) is 66.9 Å². The summed E-state index contributed by atoms with van der Waals surface area (Å²) in [6, 6.07) is 17.1. The van der Waals surface area contributed by atoms with Gasteiger partial charge in [-0.3, -0.25) is 9.59 Å². The second kappa shape index (κ2) is 9.30. The van der Waals surface area contributed by atoms with Crippen molar-refractivity contribution in [2.75, 3.05) is 30.4 Å². The van der Waals surface area contributed by atoms with E-state index < -0.39 is 0 Å². The molecule has 0 saturated carbocycles. The molecule has 0 unspecified atom stereocenters. The van der Waals surface area contributed by atoms with Crippen LogP contribution in [0.1, 0.15) is 18.4 Å². The largest absolute Gasteiger partial charge is 0.497 e. The Morgan fingerprint density at radius 1 is 1.06 bits per heavy atom. The van der Waals surface area contributed by atoms with E-state index in [2.05, 4.69) is 10.2 Å². The Morgan fingerprint density at radius 2 is 1.76 bits per heavy atom. The maximum Gasteiger partial charge on any atom is 0.277 e. The second-order valence-electron chi connectivity index (χ2n) is 8.50. The van der Waals surface area contributed by atoms with E-state index in [0.717, 1.165) is 22.7 Å². The van der Waals surface area contributed by atoms with Crippen LogP contribution >= 0.6 is 11.3 Å². The van der Waals surface area contributed by atoms with Gasteiger partial charge in [0.2, 0.25) is 11.9 Å². The normalized spacial score (nSPS) is 14.4. The van der Waals surface area contributed by atoms with Crippen molar-refractivity contribution >= 4 is 39.1 Å². The summed E-state index contributed by atoms with van der Waals surface area (Å²) in [5.41, 5.74) is 3.34. The maximum absolute atomic E-state index is 13.4. The lowest BCUT2D eigenvalue weighted by molar-refractivity contribution is -0.120. The van der Waals surface area contributed by atoms with Gasteiger partial charge >= 0.3 is 0 Å². The average Bonchev–Trinajstić information content (AvgIpc) is 3.34. The van der Waals surface area contributed by atoms with Crippen LogP contribution in [0.4, 0.5) is 11.6 Å². The summed E-state index contributed by atoms with van der Waals surface area (Å²) in [7, 11) is 1.62. The number of hydrogen-bond donors (Lipinski definition) is 1. The molecular weight excluding hydrogens is 448 g/mol. The quantitative estimate of drug-likeness (QED) is 0.457. The van der Waals surface area contributed by atoms with Gasteiger partial charge in [-0.1, -0.05) is 17.7 Å². The maximum atomic E-state index is 13.4. The van der Waals surface area contributed by atoms with Crippen LogP contribution in [0.3, 0.4) is 0 Å². The Kier molecular flexibility index (Phi) is 6.06. The van der Waals surface area contributed by atoms with Crippen LogP contribution in [0.5, 0.6) is 5.75 Å². The van der Waals surface area contributed by atoms with E-state index in [-0.39, 0.29) is 17.4 Å². The van der Waals surface area contributed by atoms with Crippen molar-refractivity contribution in [1.82, 2.24) is 9.55 Å². The Morgan fingerprint density at radius 3 is 2.44 bits per heavy atom. The Bertz CT molecular complexity index is 1370. The number of hydrogen-bond acceptors (Lipinski definition) is 6. The van der Waals surface area contributed by atoms with Gasteiger partial charge in [-0.2, -0.15) is 0 Å². The van der Waals surface area contributed by atoms with Gasteiger partial charge in [0.15, 0.2) is 0 Å².